The number of carboxylic acid groups (broad SMARTS) is 1. The zero-order valence-electron chi connectivity index (χ0n) is 11.1. The quantitative estimate of drug-likeness (QED) is 0.778. The summed E-state index contributed by atoms with van der Waals surface area (Å²) >= 11 is 0. The molecule has 100 valence electrons. The normalized spacial score (nSPS) is 11.3. The van der Waals surface area contributed by atoms with E-state index in [2.05, 4.69) is 24.1 Å². The van der Waals surface area contributed by atoms with Crippen molar-refractivity contribution in [1.82, 2.24) is 4.98 Å². The second-order valence-electron chi connectivity index (χ2n) is 4.87. The minimum atomic E-state index is -1.02. The van der Waals surface area contributed by atoms with Crippen LogP contribution < -0.4 is 5.32 Å². The maximum Gasteiger partial charge on any atom is 0.354 e. The molecule has 0 aromatic carbocycles. The number of rotatable bonds is 7. The molecule has 0 bridgehead atoms. The number of pyridine rings is 1. The first-order valence-corrected chi connectivity index (χ1v) is 5.96. The number of nitrogens with zero attached hydrogens (tertiary/aromatic N) is 1. The highest BCUT2D eigenvalue weighted by molar-refractivity contribution is 5.85. The molecule has 2 N–H and O–H groups in total. The number of hydrogen-bond acceptors (Lipinski definition) is 4. The van der Waals surface area contributed by atoms with Crippen LogP contribution in [-0.2, 0) is 4.74 Å². The molecule has 1 aromatic rings. The molecule has 0 fully saturated rings. The van der Waals surface area contributed by atoms with Crippen LogP contribution in [0.2, 0.25) is 0 Å². The lowest BCUT2D eigenvalue weighted by atomic mass is 9.95. The van der Waals surface area contributed by atoms with Crippen molar-refractivity contribution in [1.29, 1.82) is 0 Å². The van der Waals surface area contributed by atoms with Crippen LogP contribution in [0.3, 0.4) is 0 Å². The standard InChI is InChI=1S/C13H20N2O3/c1-4-18-9-13(2,3)8-14-11-7-5-6-10(15-11)12(16)17/h5-7H,4,8-9H2,1-3H3,(H,14,15)(H,16,17). The average molecular weight is 252 g/mol. The van der Waals surface area contributed by atoms with E-state index in [0.29, 0.717) is 25.6 Å². The lowest BCUT2D eigenvalue weighted by molar-refractivity contribution is 0.0690. The number of hydrogen-bond donors (Lipinski definition) is 2. The van der Waals surface area contributed by atoms with Gasteiger partial charge in [0.15, 0.2) is 5.69 Å². The van der Waals surface area contributed by atoms with Gasteiger partial charge < -0.3 is 15.2 Å². The summed E-state index contributed by atoms with van der Waals surface area (Å²) in [6.07, 6.45) is 0. The zero-order chi connectivity index (χ0) is 13.6. The fourth-order valence-corrected chi connectivity index (χ4v) is 1.41. The van der Waals surface area contributed by atoms with Crippen molar-refractivity contribution < 1.29 is 14.6 Å². The summed E-state index contributed by atoms with van der Waals surface area (Å²) in [4.78, 5) is 14.8. The predicted molar refractivity (Wildman–Crippen MR) is 70.0 cm³/mol. The molecule has 0 spiro atoms. The molecule has 0 aliphatic carbocycles. The summed E-state index contributed by atoms with van der Waals surface area (Å²) in [5.74, 6) is -0.452. The van der Waals surface area contributed by atoms with Gasteiger partial charge in [0.1, 0.15) is 5.82 Å². The largest absolute Gasteiger partial charge is 0.477 e. The van der Waals surface area contributed by atoms with Gasteiger partial charge >= 0.3 is 5.97 Å². The molecule has 1 heterocycles. The van der Waals surface area contributed by atoms with Gasteiger partial charge in [0.05, 0.1) is 6.61 Å². The molecule has 0 saturated carbocycles. The maximum absolute atomic E-state index is 10.8. The van der Waals surface area contributed by atoms with E-state index < -0.39 is 5.97 Å². The highest BCUT2D eigenvalue weighted by Gasteiger charge is 2.18. The van der Waals surface area contributed by atoms with Crippen molar-refractivity contribution in [2.24, 2.45) is 5.41 Å². The van der Waals surface area contributed by atoms with Crippen molar-refractivity contribution in [3.63, 3.8) is 0 Å². The number of aromatic carboxylic acids is 1. The number of anilines is 1. The lowest BCUT2D eigenvalue weighted by Crippen LogP contribution is -2.28. The van der Waals surface area contributed by atoms with Gasteiger partial charge in [0.25, 0.3) is 0 Å². The van der Waals surface area contributed by atoms with Gasteiger partial charge in [-0.1, -0.05) is 19.9 Å². The second kappa shape index (κ2) is 6.35. The van der Waals surface area contributed by atoms with E-state index >= 15 is 0 Å². The minimum absolute atomic E-state index is 0.0308. The smallest absolute Gasteiger partial charge is 0.354 e. The zero-order valence-corrected chi connectivity index (χ0v) is 11.1. The first-order valence-electron chi connectivity index (χ1n) is 5.96. The lowest BCUT2D eigenvalue weighted by Gasteiger charge is -2.24. The number of ether oxygens (including phenoxy) is 1. The Bertz CT molecular complexity index is 405. The van der Waals surface area contributed by atoms with Crippen molar-refractivity contribution in [2.45, 2.75) is 20.8 Å². The fourth-order valence-electron chi connectivity index (χ4n) is 1.41. The summed E-state index contributed by atoms with van der Waals surface area (Å²) < 4.78 is 5.39. The molecule has 1 aromatic heterocycles. The summed E-state index contributed by atoms with van der Waals surface area (Å²) in [5.41, 5.74) is 0.0133. The van der Waals surface area contributed by atoms with Gasteiger partial charge in [-0.15, -0.1) is 0 Å². The topological polar surface area (TPSA) is 71.5 Å². The van der Waals surface area contributed by atoms with E-state index in [4.69, 9.17) is 9.84 Å². The van der Waals surface area contributed by atoms with Crippen LogP contribution in [0.1, 0.15) is 31.3 Å². The first-order chi connectivity index (χ1) is 8.44. The van der Waals surface area contributed by atoms with Crippen LogP contribution in [0.25, 0.3) is 0 Å². The Morgan fingerprint density at radius 1 is 1.50 bits per heavy atom. The van der Waals surface area contributed by atoms with Crippen LogP contribution in [0.15, 0.2) is 18.2 Å². The van der Waals surface area contributed by atoms with Crippen LogP contribution in [0.5, 0.6) is 0 Å². The minimum Gasteiger partial charge on any atom is -0.477 e. The van der Waals surface area contributed by atoms with E-state index in [1.54, 1.807) is 12.1 Å². The Morgan fingerprint density at radius 3 is 2.83 bits per heavy atom. The Morgan fingerprint density at radius 2 is 2.22 bits per heavy atom. The molecule has 0 aliphatic heterocycles. The van der Waals surface area contributed by atoms with Gasteiger partial charge in [-0.2, -0.15) is 0 Å². The number of aromatic nitrogens is 1. The second-order valence-corrected chi connectivity index (χ2v) is 4.87. The highest BCUT2D eigenvalue weighted by atomic mass is 16.5. The van der Waals surface area contributed by atoms with E-state index in [1.807, 2.05) is 6.92 Å². The Kier molecular flexibility index (Phi) is 5.09. The van der Waals surface area contributed by atoms with Gasteiger partial charge in [0, 0.05) is 18.6 Å². The molecule has 5 heteroatoms. The maximum atomic E-state index is 10.8. The van der Waals surface area contributed by atoms with E-state index in [-0.39, 0.29) is 11.1 Å². The molecular weight excluding hydrogens is 232 g/mol. The third-order valence-corrected chi connectivity index (χ3v) is 2.41. The van der Waals surface area contributed by atoms with Crippen molar-refractivity contribution in [2.75, 3.05) is 25.1 Å². The molecule has 0 aliphatic rings. The van der Waals surface area contributed by atoms with Crippen molar-refractivity contribution in [3.8, 4) is 0 Å². The molecule has 0 amide bonds. The number of nitrogens with one attached hydrogen (secondary N) is 1. The summed E-state index contributed by atoms with van der Waals surface area (Å²) in [6, 6.07) is 4.90. The van der Waals surface area contributed by atoms with E-state index in [0.717, 1.165) is 0 Å². The molecule has 18 heavy (non-hydrogen) atoms. The molecule has 0 unspecified atom stereocenters. The summed E-state index contributed by atoms with van der Waals surface area (Å²) in [5, 5.41) is 12.0. The van der Waals surface area contributed by atoms with Crippen LogP contribution in [0, 0.1) is 5.41 Å². The van der Waals surface area contributed by atoms with Crippen LogP contribution in [-0.4, -0.2) is 35.8 Å². The third-order valence-electron chi connectivity index (χ3n) is 2.41. The fraction of sp³-hybridized carbons (Fsp3) is 0.538. The van der Waals surface area contributed by atoms with Crippen molar-refractivity contribution >= 4 is 11.8 Å². The summed E-state index contributed by atoms with van der Waals surface area (Å²) in [6.45, 7) is 8.13. The van der Waals surface area contributed by atoms with Gasteiger partial charge in [-0.25, -0.2) is 9.78 Å². The molecular formula is C13H20N2O3. The number of carbonyl (C=O) groups is 1. The molecule has 0 saturated heterocycles. The van der Waals surface area contributed by atoms with E-state index in [9.17, 15) is 4.79 Å². The monoisotopic (exact) mass is 252 g/mol. The molecule has 0 atom stereocenters. The molecule has 5 nitrogen and oxygen atoms in total. The van der Waals surface area contributed by atoms with Gasteiger partial charge in [-0.3, -0.25) is 0 Å². The van der Waals surface area contributed by atoms with Crippen molar-refractivity contribution in [3.05, 3.63) is 23.9 Å². The predicted octanol–water partition coefficient (Wildman–Crippen LogP) is 2.25. The third kappa shape index (κ3) is 4.71. The van der Waals surface area contributed by atoms with E-state index in [1.165, 1.54) is 6.07 Å². The van der Waals surface area contributed by atoms with Gasteiger partial charge in [0.2, 0.25) is 0 Å². The summed E-state index contributed by atoms with van der Waals surface area (Å²) in [7, 11) is 0. The first kappa shape index (κ1) is 14.4. The average Bonchev–Trinajstić information content (AvgIpc) is 2.34. The number of carboxylic acids is 1. The molecule has 1 rings (SSSR count). The molecule has 0 radical (unpaired) electrons. The highest BCUT2D eigenvalue weighted by Crippen LogP contribution is 2.16. The Labute approximate surface area is 107 Å². The van der Waals surface area contributed by atoms with Crippen LogP contribution in [0.4, 0.5) is 5.82 Å². The Balaban J connectivity index is 2.57. The van der Waals surface area contributed by atoms with Crippen LogP contribution >= 0.6 is 0 Å². The van der Waals surface area contributed by atoms with Gasteiger partial charge in [-0.05, 0) is 19.1 Å². The Hall–Kier alpha value is -1.62. The SMILES string of the molecule is CCOCC(C)(C)CNc1cccc(C(=O)O)n1.